The van der Waals surface area contributed by atoms with Crippen LogP contribution in [0.1, 0.15) is 6.92 Å². The van der Waals surface area contributed by atoms with E-state index in [1.807, 2.05) is 18.3 Å². The molecule has 1 saturated heterocycles. The van der Waals surface area contributed by atoms with Gasteiger partial charge in [-0.05, 0) is 19.1 Å². The Hall–Kier alpha value is -1.13. The number of benzene rings is 1. The lowest BCUT2D eigenvalue weighted by atomic mass is 9.93. The van der Waals surface area contributed by atoms with Crippen molar-refractivity contribution in [3.05, 3.63) is 34.9 Å². The summed E-state index contributed by atoms with van der Waals surface area (Å²) in [5.74, 6) is 1.03. The van der Waals surface area contributed by atoms with Gasteiger partial charge in [-0.1, -0.05) is 28.1 Å². The maximum atomic E-state index is 6.04. The number of anilines is 1. The lowest BCUT2D eigenvalue weighted by molar-refractivity contribution is 0.364. The molecule has 0 spiro atoms. The molecule has 2 heterocycles. The van der Waals surface area contributed by atoms with E-state index in [1.165, 1.54) is 10.8 Å². The van der Waals surface area contributed by atoms with E-state index in [0.29, 0.717) is 0 Å². The van der Waals surface area contributed by atoms with E-state index in [4.69, 9.17) is 5.73 Å². The summed E-state index contributed by atoms with van der Waals surface area (Å²) in [5, 5.41) is 2.38. The van der Waals surface area contributed by atoms with Crippen molar-refractivity contribution in [3.8, 4) is 0 Å². The van der Waals surface area contributed by atoms with E-state index in [0.717, 1.165) is 23.4 Å². The van der Waals surface area contributed by atoms with Crippen LogP contribution in [0.2, 0.25) is 0 Å². The highest BCUT2D eigenvalue weighted by Gasteiger charge is 2.36. The topological polar surface area (TPSA) is 42.1 Å². The second kappa shape index (κ2) is 3.68. The summed E-state index contributed by atoms with van der Waals surface area (Å²) in [6, 6.07) is 8.23. The number of rotatable bonds is 1. The molecule has 1 aliphatic heterocycles. The Bertz CT molecular complexity index is 572. The number of halogens is 1. The molecule has 88 valence electrons. The molecule has 0 amide bonds. The van der Waals surface area contributed by atoms with Gasteiger partial charge in [0.2, 0.25) is 0 Å². The van der Waals surface area contributed by atoms with Crippen LogP contribution in [0.5, 0.6) is 0 Å². The second-order valence-corrected chi connectivity index (χ2v) is 5.83. The van der Waals surface area contributed by atoms with Crippen LogP contribution >= 0.6 is 15.9 Å². The minimum Gasteiger partial charge on any atom is -0.352 e. The van der Waals surface area contributed by atoms with Crippen LogP contribution < -0.4 is 10.6 Å². The standard InChI is InChI=1S/C13H14BrN3/c1-13(15)7-17(8-13)12-10-3-2-4-11(14)9(10)5-6-16-12/h2-6H,7-8,15H2,1H3. The van der Waals surface area contributed by atoms with Gasteiger partial charge in [-0.15, -0.1) is 0 Å². The first-order chi connectivity index (χ1) is 8.07. The zero-order valence-corrected chi connectivity index (χ0v) is 11.2. The third-order valence-corrected chi connectivity index (χ3v) is 3.83. The molecule has 1 aliphatic rings. The molecular weight excluding hydrogens is 278 g/mol. The maximum absolute atomic E-state index is 6.04. The molecule has 0 atom stereocenters. The zero-order valence-electron chi connectivity index (χ0n) is 9.65. The van der Waals surface area contributed by atoms with Gasteiger partial charge in [0.25, 0.3) is 0 Å². The highest BCUT2D eigenvalue weighted by Crippen LogP contribution is 2.33. The molecular formula is C13H14BrN3. The molecule has 1 fully saturated rings. The monoisotopic (exact) mass is 291 g/mol. The molecule has 0 saturated carbocycles. The van der Waals surface area contributed by atoms with E-state index >= 15 is 0 Å². The minimum absolute atomic E-state index is 0.0736. The van der Waals surface area contributed by atoms with Crippen LogP contribution in [-0.4, -0.2) is 23.6 Å². The van der Waals surface area contributed by atoms with E-state index in [2.05, 4.69) is 44.9 Å². The Kier molecular flexibility index (Phi) is 2.38. The Labute approximate surface area is 109 Å². The SMILES string of the molecule is CC1(N)CN(c2nccc3c(Br)cccc23)C1. The van der Waals surface area contributed by atoms with E-state index < -0.39 is 0 Å². The summed E-state index contributed by atoms with van der Waals surface area (Å²) in [6.07, 6.45) is 1.86. The van der Waals surface area contributed by atoms with Crippen LogP contribution in [0, 0.1) is 0 Å². The smallest absolute Gasteiger partial charge is 0.136 e. The first kappa shape index (κ1) is 11.0. The van der Waals surface area contributed by atoms with Gasteiger partial charge >= 0.3 is 0 Å². The number of nitrogens with two attached hydrogens (primary N) is 1. The molecule has 2 aromatic rings. The van der Waals surface area contributed by atoms with Crippen molar-refractivity contribution in [1.29, 1.82) is 0 Å². The van der Waals surface area contributed by atoms with Crippen LogP contribution in [0.15, 0.2) is 34.9 Å². The quantitative estimate of drug-likeness (QED) is 0.878. The first-order valence-corrected chi connectivity index (χ1v) is 6.43. The third-order valence-electron chi connectivity index (χ3n) is 3.14. The Balaban J connectivity index is 2.09. The van der Waals surface area contributed by atoms with Gasteiger partial charge in [-0.3, -0.25) is 0 Å². The molecule has 0 bridgehead atoms. The van der Waals surface area contributed by atoms with Gasteiger partial charge < -0.3 is 10.6 Å². The molecule has 0 unspecified atom stereocenters. The van der Waals surface area contributed by atoms with Gasteiger partial charge in [0, 0.05) is 40.1 Å². The van der Waals surface area contributed by atoms with Crippen LogP contribution in [0.4, 0.5) is 5.82 Å². The fraction of sp³-hybridized carbons (Fsp3) is 0.308. The van der Waals surface area contributed by atoms with Crippen molar-refractivity contribution in [1.82, 2.24) is 4.98 Å². The number of pyridine rings is 1. The van der Waals surface area contributed by atoms with Crippen molar-refractivity contribution in [2.45, 2.75) is 12.5 Å². The second-order valence-electron chi connectivity index (χ2n) is 4.98. The number of aromatic nitrogens is 1. The summed E-state index contributed by atoms with van der Waals surface area (Å²) in [4.78, 5) is 6.72. The average molecular weight is 292 g/mol. The van der Waals surface area contributed by atoms with Gasteiger partial charge in [0.1, 0.15) is 5.82 Å². The summed E-state index contributed by atoms with van der Waals surface area (Å²) in [5.41, 5.74) is 5.97. The Morgan fingerprint density at radius 2 is 2.06 bits per heavy atom. The van der Waals surface area contributed by atoms with E-state index in [1.54, 1.807) is 0 Å². The van der Waals surface area contributed by atoms with Crippen molar-refractivity contribution >= 4 is 32.5 Å². The molecule has 17 heavy (non-hydrogen) atoms. The largest absolute Gasteiger partial charge is 0.352 e. The van der Waals surface area contributed by atoms with Crippen LogP contribution in [0.3, 0.4) is 0 Å². The number of nitrogens with zero attached hydrogens (tertiary/aromatic N) is 2. The zero-order chi connectivity index (χ0) is 12.0. The molecule has 0 radical (unpaired) electrons. The predicted molar refractivity (Wildman–Crippen MR) is 74.2 cm³/mol. The Morgan fingerprint density at radius 3 is 2.76 bits per heavy atom. The summed E-state index contributed by atoms with van der Waals surface area (Å²) in [6.45, 7) is 3.81. The lowest BCUT2D eigenvalue weighted by Crippen LogP contribution is -2.65. The average Bonchev–Trinajstić information content (AvgIpc) is 2.26. The van der Waals surface area contributed by atoms with Gasteiger partial charge in [0.15, 0.2) is 0 Å². The molecule has 3 nitrogen and oxygen atoms in total. The fourth-order valence-electron chi connectivity index (χ4n) is 2.38. The maximum Gasteiger partial charge on any atom is 0.136 e. The van der Waals surface area contributed by atoms with Crippen LogP contribution in [-0.2, 0) is 0 Å². The molecule has 3 rings (SSSR count). The van der Waals surface area contributed by atoms with Gasteiger partial charge in [-0.25, -0.2) is 4.98 Å². The van der Waals surface area contributed by atoms with Crippen molar-refractivity contribution in [2.75, 3.05) is 18.0 Å². The normalized spacial score (nSPS) is 18.2. The van der Waals surface area contributed by atoms with E-state index in [-0.39, 0.29) is 5.54 Å². The molecule has 1 aromatic heterocycles. The van der Waals surface area contributed by atoms with Crippen molar-refractivity contribution in [3.63, 3.8) is 0 Å². The molecule has 4 heteroatoms. The summed E-state index contributed by atoms with van der Waals surface area (Å²) >= 11 is 3.57. The predicted octanol–water partition coefficient (Wildman–Crippen LogP) is 2.53. The number of fused-ring (bicyclic) bond motifs is 1. The van der Waals surface area contributed by atoms with E-state index in [9.17, 15) is 0 Å². The molecule has 0 aliphatic carbocycles. The van der Waals surface area contributed by atoms with Crippen LogP contribution in [0.25, 0.3) is 10.8 Å². The highest BCUT2D eigenvalue weighted by molar-refractivity contribution is 9.10. The lowest BCUT2D eigenvalue weighted by Gasteiger charge is -2.46. The van der Waals surface area contributed by atoms with Gasteiger partial charge in [0.05, 0.1) is 0 Å². The first-order valence-electron chi connectivity index (χ1n) is 5.64. The minimum atomic E-state index is -0.0736. The number of hydrogen-bond donors (Lipinski definition) is 1. The summed E-state index contributed by atoms with van der Waals surface area (Å²) in [7, 11) is 0. The number of hydrogen-bond acceptors (Lipinski definition) is 3. The van der Waals surface area contributed by atoms with Gasteiger partial charge in [-0.2, -0.15) is 0 Å². The Morgan fingerprint density at radius 1 is 1.29 bits per heavy atom. The van der Waals surface area contributed by atoms with Crippen molar-refractivity contribution in [2.24, 2.45) is 5.73 Å². The summed E-state index contributed by atoms with van der Waals surface area (Å²) < 4.78 is 1.11. The highest BCUT2D eigenvalue weighted by atomic mass is 79.9. The third kappa shape index (κ3) is 1.81. The fourth-order valence-corrected chi connectivity index (χ4v) is 2.88. The molecule has 2 N–H and O–H groups in total. The molecule has 1 aromatic carbocycles. The van der Waals surface area contributed by atoms with Crippen molar-refractivity contribution < 1.29 is 0 Å².